The lowest BCUT2D eigenvalue weighted by atomic mass is 9.94. The number of esters is 1. The number of β-lactam (4-membered cyclic amide) rings is 1. The van der Waals surface area contributed by atoms with Gasteiger partial charge in [-0.2, -0.15) is 0 Å². The SMILES string of the molecule is O=C(OCc1ccccc1)C1CC(=O)N1C(C(=O)NCc1[nH]cc2cncnc12)c1ccccc1. The Kier molecular flexibility index (Phi) is 6.21. The first-order valence-corrected chi connectivity index (χ1v) is 11.2. The molecule has 2 aromatic heterocycles. The molecular weight excluding hydrogens is 446 g/mol. The second-order valence-corrected chi connectivity index (χ2v) is 8.24. The fraction of sp³-hybridized carbons (Fsp3) is 0.192. The lowest BCUT2D eigenvalue weighted by molar-refractivity contribution is -0.172. The Morgan fingerprint density at radius 3 is 2.60 bits per heavy atom. The van der Waals surface area contributed by atoms with E-state index in [9.17, 15) is 14.4 Å². The standard InChI is InChI=1S/C26H23N5O4/c32-22-11-21(26(34)35-15-17-7-3-1-4-8-17)31(22)24(18-9-5-2-6-10-18)25(33)29-14-20-23-19(13-28-20)12-27-16-30-23/h1-10,12-13,16,21,24,28H,11,14-15H2,(H,29,33). The van der Waals surface area contributed by atoms with E-state index in [1.807, 2.05) is 36.4 Å². The summed E-state index contributed by atoms with van der Waals surface area (Å²) in [4.78, 5) is 51.6. The number of likely N-dealkylation sites (tertiary alicyclic amines) is 1. The molecule has 4 aromatic rings. The summed E-state index contributed by atoms with van der Waals surface area (Å²) >= 11 is 0. The average Bonchev–Trinajstić information content (AvgIpc) is 3.31. The molecule has 1 fully saturated rings. The molecule has 2 amide bonds. The van der Waals surface area contributed by atoms with Gasteiger partial charge in [0.1, 0.15) is 25.0 Å². The van der Waals surface area contributed by atoms with Crippen LogP contribution in [0.2, 0.25) is 0 Å². The van der Waals surface area contributed by atoms with Crippen molar-refractivity contribution in [2.75, 3.05) is 0 Å². The normalized spacial score (nSPS) is 15.9. The van der Waals surface area contributed by atoms with Crippen LogP contribution in [-0.4, -0.2) is 43.7 Å². The van der Waals surface area contributed by atoms with Crippen LogP contribution in [0, 0.1) is 0 Å². The van der Waals surface area contributed by atoms with Gasteiger partial charge in [0, 0.05) is 17.8 Å². The lowest BCUT2D eigenvalue weighted by Crippen LogP contribution is -2.60. The molecule has 0 radical (unpaired) electrons. The molecule has 3 heterocycles. The second kappa shape index (κ2) is 9.76. The Hall–Kier alpha value is -4.53. The van der Waals surface area contributed by atoms with Crippen LogP contribution in [0.5, 0.6) is 0 Å². The summed E-state index contributed by atoms with van der Waals surface area (Å²) in [6.07, 6.45) is 4.89. The largest absolute Gasteiger partial charge is 0.459 e. The molecule has 2 unspecified atom stereocenters. The number of rotatable bonds is 8. The number of carbonyl (C=O) groups excluding carboxylic acids is 3. The first kappa shape index (κ1) is 22.3. The average molecular weight is 470 g/mol. The van der Waals surface area contributed by atoms with Crippen molar-refractivity contribution in [3.05, 3.63) is 96.2 Å². The Labute approximate surface area is 201 Å². The predicted molar refractivity (Wildman–Crippen MR) is 126 cm³/mol. The molecule has 9 nitrogen and oxygen atoms in total. The third-order valence-electron chi connectivity index (χ3n) is 6.00. The highest BCUT2D eigenvalue weighted by Gasteiger charge is 2.48. The van der Waals surface area contributed by atoms with E-state index in [0.717, 1.165) is 16.6 Å². The van der Waals surface area contributed by atoms with Crippen LogP contribution in [0.4, 0.5) is 0 Å². The molecule has 0 bridgehead atoms. The van der Waals surface area contributed by atoms with Crippen molar-refractivity contribution in [2.45, 2.75) is 31.7 Å². The maximum absolute atomic E-state index is 13.4. The van der Waals surface area contributed by atoms with E-state index in [0.29, 0.717) is 11.1 Å². The number of carbonyl (C=O) groups is 3. The topological polar surface area (TPSA) is 117 Å². The van der Waals surface area contributed by atoms with Crippen molar-refractivity contribution in [1.82, 2.24) is 25.2 Å². The fourth-order valence-electron chi connectivity index (χ4n) is 4.19. The lowest BCUT2D eigenvalue weighted by Gasteiger charge is -2.43. The number of aromatic nitrogens is 3. The number of H-pyrrole nitrogens is 1. The maximum atomic E-state index is 13.4. The molecule has 0 saturated carbocycles. The number of nitrogens with one attached hydrogen (secondary N) is 2. The molecule has 1 aliphatic rings. The molecule has 176 valence electrons. The number of hydrogen-bond donors (Lipinski definition) is 2. The van der Waals surface area contributed by atoms with Crippen LogP contribution in [-0.2, 0) is 32.3 Å². The van der Waals surface area contributed by atoms with Gasteiger partial charge in [-0.05, 0) is 11.1 Å². The van der Waals surface area contributed by atoms with E-state index in [2.05, 4.69) is 20.3 Å². The minimum Gasteiger partial charge on any atom is -0.459 e. The molecular formula is C26H23N5O4. The molecule has 35 heavy (non-hydrogen) atoms. The molecule has 2 aromatic carbocycles. The number of fused-ring (bicyclic) bond motifs is 1. The number of amides is 2. The van der Waals surface area contributed by atoms with Gasteiger partial charge in [-0.15, -0.1) is 0 Å². The number of ether oxygens (including phenoxy) is 1. The van der Waals surface area contributed by atoms with Gasteiger partial charge in [-0.3, -0.25) is 9.59 Å². The van der Waals surface area contributed by atoms with E-state index < -0.39 is 24.0 Å². The third-order valence-corrected chi connectivity index (χ3v) is 6.00. The van der Waals surface area contributed by atoms with E-state index in [1.165, 1.54) is 11.2 Å². The molecule has 5 rings (SSSR count). The van der Waals surface area contributed by atoms with Crippen LogP contribution < -0.4 is 5.32 Å². The van der Waals surface area contributed by atoms with Gasteiger partial charge in [0.15, 0.2) is 0 Å². The number of hydrogen-bond acceptors (Lipinski definition) is 6. The van der Waals surface area contributed by atoms with Crippen molar-refractivity contribution in [1.29, 1.82) is 0 Å². The Bertz CT molecular complexity index is 1360. The zero-order valence-electron chi connectivity index (χ0n) is 18.8. The zero-order valence-corrected chi connectivity index (χ0v) is 18.8. The van der Waals surface area contributed by atoms with Crippen molar-refractivity contribution in [2.24, 2.45) is 0 Å². The summed E-state index contributed by atoms with van der Waals surface area (Å²) in [5.74, 6) is -1.22. The summed E-state index contributed by atoms with van der Waals surface area (Å²) in [6.45, 7) is 0.274. The van der Waals surface area contributed by atoms with E-state index in [4.69, 9.17) is 4.74 Å². The summed E-state index contributed by atoms with van der Waals surface area (Å²) in [7, 11) is 0. The first-order valence-electron chi connectivity index (χ1n) is 11.2. The number of benzene rings is 2. The third kappa shape index (κ3) is 4.61. The monoisotopic (exact) mass is 469 g/mol. The molecule has 0 aliphatic carbocycles. The van der Waals surface area contributed by atoms with E-state index in [1.54, 1.807) is 36.7 Å². The minimum absolute atomic E-state index is 0.00240. The number of nitrogens with zero attached hydrogens (tertiary/aromatic N) is 3. The van der Waals surface area contributed by atoms with Crippen LogP contribution >= 0.6 is 0 Å². The Morgan fingerprint density at radius 1 is 1.11 bits per heavy atom. The van der Waals surface area contributed by atoms with Gasteiger partial charge in [-0.1, -0.05) is 60.7 Å². The smallest absolute Gasteiger partial charge is 0.329 e. The molecule has 0 spiro atoms. The van der Waals surface area contributed by atoms with Crippen LogP contribution in [0.25, 0.3) is 10.9 Å². The van der Waals surface area contributed by atoms with Crippen molar-refractivity contribution in [3.63, 3.8) is 0 Å². The van der Waals surface area contributed by atoms with Gasteiger partial charge in [0.2, 0.25) is 11.8 Å². The maximum Gasteiger partial charge on any atom is 0.329 e. The summed E-state index contributed by atoms with van der Waals surface area (Å²) < 4.78 is 5.46. The van der Waals surface area contributed by atoms with Crippen molar-refractivity contribution in [3.8, 4) is 0 Å². The van der Waals surface area contributed by atoms with Crippen LogP contribution in [0.15, 0.2) is 79.4 Å². The van der Waals surface area contributed by atoms with E-state index in [-0.39, 0.29) is 25.5 Å². The highest BCUT2D eigenvalue weighted by molar-refractivity contribution is 5.99. The van der Waals surface area contributed by atoms with Gasteiger partial charge in [-0.25, -0.2) is 14.8 Å². The van der Waals surface area contributed by atoms with Crippen molar-refractivity contribution >= 4 is 28.7 Å². The summed E-state index contributed by atoms with van der Waals surface area (Å²) in [5, 5.41) is 3.72. The van der Waals surface area contributed by atoms with Gasteiger partial charge < -0.3 is 19.9 Å². The fourth-order valence-corrected chi connectivity index (χ4v) is 4.19. The van der Waals surface area contributed by atoms with E-state index >= 15 is 0 Å². The molecule has 2 atom stereocenters. The van der Waals surface area contributed by atoms with Gasteiger partial charge >= 0.3 is 5.97 Å². The second-order valence-electron chi connectivity index (χ2n) is 8.24. The highest BCUT2D eigenvalue weighted by atomic mass is 16.5. The molecule has 1 saturated heterocycles. The molecule has 1 aliphatic heterocycles. The minimum atomic E-state index is -0.970. The highest BCUT2D eigenvalue weighted by Crippen LogP contribution is 2.33. The zero-order chi connectivity index (χ0) is 24.2. The molecule has 9 heteroatoms. The quantitative estimate of drug-likeness (QED) is 0.303. The van der Waals surface area contributed by atoms with Gasteiger partial charge in [0.25, 0.3) is 0 Å². The Balaban J connectivity index is 1.33. The van der Waals surface area contributed by atoms with Crippen LogP contribution in [0.1, 0.15) is 29.3 Å². The summed E-state index contributed by atoms with van der Waals surface area (Å²) in [6, 6.07) is 16.4. The van der Waals surface area contributed by atoms with Crippen molar-refractivity contribution < 1.29 is 19.1 Å². The molecule has 2 N–H and O–H groups in total. The number of aromatic amines is 1. The predicted octanol–water partition coefficient (Wildman–Crippen LogP) is 2.66. The summed E-state index contributed by atoms with van der Waals surface area (Å²) in [5.41, 5.74) is 2.88. The Morgan fingerprint density at radius 2 is 1.86 bits per heavy atom. The van der Waals surface area contributed by atoms with Crippen LogP contribution in [0.3, 0.4) is 0 Å². The first-order chi connectivity index (χ1) is 17.1. The van der Waals surface area contributed by atoms with Gasteiger partial charge in [0.05, 0.1) is 24.2 Å².